The fourth-order valence-electron chi connectivity index (χ4n) is 8.73. The van der Waals surface area contributed by atoms with Crippen LogP contribution in [0.2, 0.25) is 0 Å². The second-order valence-corrected chi connectivity index (χ2v) is 11.1. The average molecular weight is 330 g/mol. The van der Waals surface area contributed by atoms with Crippen LogP contribution >= 0.6 is 0 Å². The van der Waals surface area contributed by atoms with E-state index in [4.69, 9.17) is 5.41 Å². The molecule has 1 N–H and O–H groups in total. The molecule has 0 radical (unpaired) electrons. The zero-order chi connectivity index (χ0) is 17.3. The smallest absolute Gasteiger partial charge is 0.00947 e. The first-order valence-corrected chi connectivity index (χ1v) is 10.8. The lowest BCUT2D eigenvalue weighted by Gasteiger charge is -2.63. The average Bonchev–Trinajstić information content (AvgIpc) is 2.78. The monoisotopic (exact) mass is 329 g/mol. The lowest BCUT2D eigenvalue weighted by molar-refractivity contribution is -0.140. The van der Waals surface area contributed by atoms with Gasteiger partial charge in [0.25, 0.3) is 0 Å². The summed E-state index contributed by atoms with van der Waals surface area (Å²) in [7, 11) is 0. The van der Waals surface area contributed by atoms with Crippen molar-refractivity contribution in [3.05, 3.63) is 0 Å². The molecule has 4 aliphatic carbocycles. The number of fused-ring (bicyclic) bond motifs is 5. The van der Waals surface area contributed by atoms with Gasteiger partial charge < -0.3 is 5.41 Å². The lowest BCUT2D eigenvalue weighted by Crippen LogP contribution is -2.56. The van der Waals surface area contributed by atoms with Gasteiger partial charge in [-0.1, -0.05) is 34.1 Å². The Kier molecular flexibility index (Phi) is 3.80. The Hall–Kier alpha value is -0.330. The highest BCUT2D eigenvalue weighted by Gasteiger charge is 2.64. The molecule has 4 aliphatic rings. The first-order valence-electron chi connectivity index (χ1n) is 10.8. The van der Waals surface area contributed by atoms with Crippen molar-refractivity contribution < 1.29 is 0 Å². The van der Waals surface area contributed by atoms with Crippen LogP contribution in [0.3, 0.4) is 0 Å². The summed E-state index contributed by atoms with van der Waals surface area (Å²) in [6.07, 6.45) is 12.9. The molecule has 0 amide bonds. The Morgan fingerprint density at radius 3 is 2.25 bits per heavy atom. The highest BCUT2D eigenvalue weighted by Crippen LogP contribution is 2.72. The van der Waals surface area contributed by atoms with Crippen molar-refractivity contribution >= 4 is 5.71 Å². The van der Waals surface area contributed by atoms with E-state index in [-0.39, 0.29) is 0 Å². The molecule has 4 rings (SSSR count). The van der Waals surface area contributed by atoms with E-state index in [9.17, 15) is 0 Å². The standard InChI is InChI=1S/C23H39N/c1-15-6-7-19-17-8-12-22(4)18(16(2)24)10-13-23(22,5)20(17)9-11-21(19,3)14-15/h15,17-20,24H,6-14H2,1-5H3. The number of rotatable bonds is 1. The highest BCUT2D eigenvalue weighted by molar-refractivity contribution is 5.82. The van der Waals surface area contributed by atoms with E-state index in [0.717, 1.165) is 29.4 Å². The van der Waals surface area contributed by atoms with Gasteiger partial charge in [-0.25, -0.2) is 0 Å². The number of hydrogen-bond donors (Lipinski definition) is 1. The van der Waals surface area contributed by atoms with Gasteiger partial charge in [0.15, 0.2) is 0 Å². The van der Waals surface area contributed by atoms with Crippen LogP contribution in [-0.2, 0) is 0 Å². The van der Waals surface area contributed by atoms with Crippen LogP contribution in [0, 0.1) is 51.2 Å². The van der Waals surface area contributed by atoms with E-state index in [2.05, 4.69) is 34.6 Å². The molecule has 0 bridgehead atoms. The minimum Gasteiger partial charge on any atom is -0.310 e. The first kappa shape index (κ1) is 17.1. The van der Waals surface area contributed by atoms with Crippen LogP contribution in [0.4, 0.5) is 0 Å². The molecule has 0 saturated heterocycles. The third-order valence-electron chi connectivity index (χ3n) is 10.1. The highest BCUT2D eigenvalue weighted by atomic mass is 14.7. The fraction of sp³-hybridized carbons (Fsp3) is 0.957. The molecule has 24 heavy (non-hydrogen) atoms. The molecular formula is C23H39N. The number of nitrogens with one attached hydrogen (secondary N) is 1. The molecule has 0 spiro atoms. The molecule has 8 atom stereocenters. The van der Waals surface area contributed by atoms with Gasteiger partial charge in [0.1, 0.15) is 0 Å². The molecule has 4 fully saturated rings. The predicted molar refractivity (Wildman–Crippen MR) is 102 cm³/mol. The van der Waals surface area contributed by atoms with Crippen molar-refractivity contribution in [3.63, 3.8) is 0 Å². The molecular weight excluding hydrogens is 290 g/mol. The van der Waals surface area contributed by atoms with Gasteiger partial charge in [-0.2, -0.15) is 0 Å². The second kappa shape index (κ2) is 5.34. The van der Waals surface area contributed by atoms with Crippen LogP contribution in [0.15, 0.2) is 0 Å². The van der Waals surface area contributed by atoms with Gasteiger partial charge in [0, 0.05) is 11.6 Å². The van der Waals surface area contributed by atoms with Crippen LogP contribution in [-0.4, -0.2) is 5.71 Å². The Morgan fingerprint density at radius 1 is 0.833 bits per heavy atom. The maximum Gasteiger partial charge on any atom is 0.00947 e. The molecule has 0 aromatic carbocycles. The molecule has 1 heteroatoms. The third kappa shape index (κ3) is 2.08. The van der Waals surface area contributed by atoms with E-state index in [1.807, 2.05) is 0 Å². The van der Waals surface area contributed by atoms with Crippen molar-refractivity contribution in [2.45, 2.75) is 92.4 Å². The van der Waals surface area contributed by atoms with Crippen molar-refractivity contribution in [3.8, 4) is 0 Å². The molecule has 0 heterocycles. The topological polar surface area (TPSA) is 23.9 Å². The number of hydrogen-bond acceptors (Lipinski definition) is 1. The third-order valence-corrected chi connectivity index (χ3v) is 10.1. The Morgan fingerprint density at radius 2 is 1.54 bits per heavy atom. The van der Waals surface area contributed by atoms with Crippen LogP contribution < -0.4 is 0 Å². The second-order valence-electron chi connectivity index (χ2n) is 11.1. The van der Waals surface area contributed by atoms with E-state index in [0.29, 0.717) is 22.2 Å². The first-order chi connectivity index (χ1) is 11.2. The molecule has 0 aromatic heterocycles. The quantitative estimate of drug-likeness (QED) is 0.517. The van der Waals surface area contributed by atoms with Gasteiger partial charge in [0.05, 0.1) is 0 Å². The predicted octanol–water partition coefficient (Wildman–Crippen LogP) is 6.71. The largest absolute Gasteiger partial charge is 0.310 e. The lowest BCUT2D eigenvalue weighted by atomic mass is 9.41. The maximum absolute atomic E-state index is 8.36. The van der Waals surface area contributed by atoms with Crippen LogP contribution in [0.5, 0.6) is 0 Å². The molecule has 0 aliphatic heterocycles. The fourth-order valence-corrected chi connectivity index (χ4v) is 8.73. The molecule has 0 aromatic rings. The summed E-state index contributed by atoms with van der Waals surface area (Å²) < 4.78 is 0. The van der Waals surface area contributed by atoms with Crippen LogP contribution in [0.25, 0.3) is 0 Å². The normalized spacial score (nSPS) is 57.0. The van der Waals surface area contributed by atoms with Crippen molar-refractivity contribution in [2.75, 3.05) is 0 Å². The zero-order valence-corrected chi connectivity index (χ0v) is 16.8. The van der Waals surface area contributed by atoms with E-state index < -0.39 is 0 Å². The summed E-state index contributed by atoms with van der Waals surface area (Å²) >= 11 is 0. The van der Waals surface area contributed by atoms with Crippen molar-refractivity contribution in [1.82, 2.24) is 0 Å². The molecule has 136 valence electrons. The van der Waals surface area contributed by atoms with Gasteiger partial charge >= 0.3 is 0 Å². The molecule has 8 unspecified atom stereocenters. The van der Waals surface area contributed by atoms with Gasteiger partial charge in [-0.3, -0.25) is 0 Å². The summed E-state index contributed by atoms with van der Waals surface area (Å²) in [6, 6.07) is 0. The van der Waals surface area contributed by atoms with Crippen molar-refractivity contribution in [2.24, 2.45) is 45.8 Å². The van der Waals surface area contributed by atoms with Gasteiger partial charge in [0.2, 0.25) is 0 Å². The molecule has 4 saturated carbocycles. The van der Waals surface area contributed by atoms with Crippen molar-refractivity contribution in [1.29, 1.82) is 5.41 Å². The summed E-state index contributed by atoms with van der Waals surface area (Å²) in [4.78, 5) is 0. The Balaban J connectivity index is 1.66. The zero-order valence-electron chi connectivity index (χ0n) is 16.8. The van der Waals surface area contributed by atoms with Gasteiger partial charge in [-0.15, -0.1) is 0 Å². The van der Waals surface area contributed by atoms with E-state index in [1.54, 1.807) is 0 Å². The minimum absolute atomic E-state index is 0.399. The summed E-state index contributed by atoms with van der Waals surface area (Å²) in [6.45, 7) is 12.4. The Bertz CT molecular complexity index is 538. The van der Waals surface area contributed by atoms with Crippen LogP contribution in [0.1, 0.15) is 92.4 Å². The molecule has 1 nitrogen and oxygen atoms in total. The Labute approximate surface area is 149 Å². The summed E-state index contributed by atoms with van der Waals surface area (Å²) in [5.74, 6) is 4.42. The van der Waals surface area contributed by atoms with Gasteiger partial charge in [-0.05, 0) is 98.2 Å². The van der Waals surface area contributed by atoms with E-state index >= 15 is 0 Å². The maximum atomic E-state index is 8.36. The summed E-state index contributed by atoms with van der Waals surface area (Å²) in [5, 5.41) is 8.36. The van der Waals surface area contributed by atoms with E-state index in [1.165, 1.54) is 57.8 Å². The minimum atomic E-state index is 0.399. The SMILES string of the molecule is CC(=N)C1CCC2(C)C3CCC4(C)CC(C)CCC4C3CCC12C. The summed E-state index contributed by atoms with van der Waals surface area (Å²) in [5.41, 5.74) is 2.49.